The maximum absolute atomic E-state index is 13.1. The van der Waals surface area contributed by atoms with Crippen molar-refractivity contribution in [1.82, 2.24) is 0 Å². The highest BCUT2D eigenvalue weighted by molar-refractivity contribution is 5.98. The number of fused-ring (bicyclic) bond motifs is 2. The zero-order chi connectivity index (χ0) is 36.9. The van der Waals surface area contributed by atoms with Gasteiger partial charge in [0.05, 0.1) is 0 Å². The molecule has 14 heteroatoms. The number of esters is 2. The molecule has 2 saturated heterocycles. The Labute approximate surface area is 287 Å². The molecule has 0 aromatic carbocycles. The molecule has 2 aliphatic heterocycles. The van der Waals surface area contributed by atoms with Crippen molar-refractivity contribution < 1.29 is 68.5 Å². The average molecular weight is 699 g/mol. The Morgan fingerprint density at radius 2 is 1.59 bits per heavy atom. The van der Waals surface area contributed by atoms with Crippen LogP contribution in [-0.4, -0.2) is 96.8 Å². The predicted molar refractivity (Wildman–Crippen MR) is 172 cm³/mol. The Morgan fingerprint density at radius 1 is 0.959 bits per heavy atom. The van der Waals surface area contributed by atoms with Gasteiger partial charge >= 0.3 is 29.8 Å². The van der Waals surface area contributed by atoms with Crippen LogP contribution in [0.4, 0.5) is 0 Å². The van der Waals surface area contributed by atoms with Gasteiger partial charge in [0.2, 0.25) is 23.1 Å². The van der Waals surface area contributed by atoms with Gasteiger partial charge in [-0.25, -0.2) is 19.2 Å². The van der Waals surface area contributed by atoms with Crippen molar-refractivity contribution in [1.29, 1.82) is 0 Å². The molecule has 0 spiro atoms. The first-order chi connectivity index (χ1) is 22.9. The molecule has 5 N–H and O–H groups in total. The van der Waals surface area contributed by atoms with Crippen molar-refractivity contribution >= 4 is 29.8 Å². The predicted octanol–water partition coefficient (Wildman–Crippen LogP) is 3.69. The minimum Gasteiger partial charge on any atom is -0.479 e. The number of allylic oxidation sites excluding steroid dienone is 1. The zero-order valence-corrected chi connectivity index (χ0v) is 29.3. The minimum atomic E-state index is -3.86. The Morgan fingerprint density at radius 3 is 2.12 bits per heavy atom. The molecule has 0 aromatic rings. The number of hydrogen-bond donors (Lipinski definition) is 5. The highest BCUT2D eigenvalue weighted by atomic mass is 16.8. The van der Waals surface area contributed by atoms with Gasteiger partial charge < -0.3 is 44.5 Å². The number of carboxylic acid groups (broad SMARTS) is 3. The lowest BCUT2D eigenvalue weighted by Gasteiger charge is -2.48. The van der Waals surface area contributed by atoms with E-state index in [4.69, 9.17) is 18.9 Å². The van der Waals surface area contributed by atoms with Crippen LogP contribution in [0.15, 0.2) is 12.2 Å². The molecule has 1 aliphatic carbocycles. The number of rotatable bonds is 17. The van der Waals surface area contributed by atoms with Crippen molar-refractivity contribution in [3.05, 3.63) is 12.2 Å². The first kappa shape index (κ1) is 40.4. The van der Waals surface area contributed by atoms with Crippen LogP contribution in [0.5, 0.6) is 0 Å². The summed E-state index contributed by atoms with van der Waals surface area (Å²) in [5.74, 6) is -10.7. The first-order valence-electron chi connectivity index (χ1n) is 17.4. The van der Waals surface area contributed by atoms with Gasteiger partial charge in [-0.05, 0) is 48.9 Å². The molecule has 0 aromatic heterocycles. The fraction of sp³-hybridized carbons (Fsp3) is 0.800. The maximum atomic E-state index is 13.1. The normalized spacial score (nSPS) is 33.3. The summed E-state index contributed by atoms with van der Waals surface area (Å²) >= 11 is 0. The third-order valence-electron chi connectivity index (χ3n) is 10.7. The lowest BCUT2D eigenvalue weighted by atomic mass is 9.74. The van der Waals surface area contributed by atoms with Gasteiger partial charge in [-0.15, -0.1) is 0 Å². The van der Waals surface area contributed by atoms with E-state index in [1.54, 1.807) is 6.92 Å². The molecule has 2 heterocycles. The molecule has 1 saturated carbocycles. The zero-order valence-electron chi connectivity index (χ0n) is 29.3. The highest BCUT2D eigenvalue weighted by Crippen LogP contribution is 2.56. The van der Waals surface area contributed by atoms with Crippen molar-refractivity contribution in [2.45, 2.75) is 147 Å². The second-order valence-electron chi connectivity index (χ2n) is 14.6. The summed E-state index contributed by atoms with van der Waals surface area (Å²) in [6.45, 7) is 10.9. The number of carbonyl (C=O) groups is 5. The van der Waals surface area contributed by atoms with Crippen LogP contribution in [0.2, 0.25) is 0 Å². The van der Waals surface area contributed by atoms with Crippen LogP contribution < -0.4 is 0 Å². The van der Waals surface area contributed by atoms with Gasteiger partial charge in [0.15, 0.2) is 6.10 Å². The van der Waals surface area contributed by atoms with E-state index in [1.165, 1.54) is 19.4 Å². The van der Waals surface area contributed by atoms with E-state index in [1.807, 2.05) is 27.7 Å². The summed E-state index contributed by atoms with van der Waals surface area (Å²) < 4.78 is 22.4. The van der Waals surface area contributed by atoms with E-state index in [2.05, 4.69) is 0 Å². The quantitative estimate of drug-likeness (QED) is 0.108. The van der Waals surface area contributed by atoms with Crippen LogP contribution in [0.3, 0.4) is 0 Å². The molecule has 2 bridgehead atoms. The average Bonchev–Trinajstić information content (AvgIpc) is 3.25. The lowest BCUT2D eigenvalue weighted by Crippen LogP contribution is -2.78. The molecular formula is C35H54O14. The van der Waals surface area contributed by atoms with E-state index in [0.29, 0.717) is 11.8 Å². The van der Waals surface area contributed by atoms with Gasteiger partial charge in [-0.3, -0.25) is 4.79 Å². The van der Waals surface area contributed by atoms with Crippen LogP contribution in [0.1, 0.15) is 106 Å². The van der Waals surface area contributed by atoms with Gasteiger partial charge in [0.25, 0.3) is 0 Å². The topological polar surface area (TPSA) is 223 Å². The fourth-order valence-electron chi connectivity index (χ4n) is 7.89. The number of carboxylic acids is 3. The molecule has 3 fully saturated rings. The SMILES string of the molecule is CC[C@H](C)C[C@H](C)/C=C/C(=O)O[C@@H]1[C@@H](O)[C@@]2(CC[C@H](C)[C@@H](OC(C)=O)[C@H](C)CC3CCCCC3)O[C@H](C(=O)O)[C@@](O)(C(=O)O)[C@]1(C(=O)O)O2. The molecule has 11 atom stereocenters. The molecule has 0 radical (unpaired) electrons. The Hall–Kier alpha value is -3.07. The summed E-state index contributed by atoms with van der Waals surface area (Å²) in [4.78, 5) is 63.2. The van der Waals surface area contributed by atoms with Crippen molar-refractivity contribution in [2.24, 2.45) is 29.6 Å². The number of hydrogen-bond acceptors (Lipinski definition) is 11. The van der Waals surface area contributed by atoms with Gasteiger partial charge in [0.1, 0.15) is 12.2 Å². The van der Waals surface area contributed by atoms with Crippen LogP contribution in [0.25, 0.3) is 0 Å². The standard InChI is InChI=1S/C35H54O14/c1-7-19(2)17-20(3)13-14-25(37)47-28-27(38)33(48-29(30(39)40)34(45,31(41)42)35(28,49-33)32(43)44)16-15-21(4)26(46-23(6)36)22(5)18-24-11-9-8-10-12-24/h13-14,19-22,24,26-29,38,45H,7-12,15-18H2,1-6H3,(H,39,40)(H,41,42)(H,43,44)/b14-13+/t19-,20+,21-,22+,26+,27+,28+,29+,33-,34+,35-/m0/s1. The second-order valence-corrected chi connectivity index (χ2v) is 14.6. The third kappa shape index (κ3) is 8.29. The first-order valence-corrected chi connectivity index (χ1v) is 17.4. The fourth-order valence-corrected chi connectivity index (χ4v) is 7.89. The largest absolute Gasteiger partial charge is 0.479 e. The molecule has 14 nitrogen and oxygen atoms in total. The van der Waals surface area contributed by atoms with Crippen molar-refractivity contribution in [3.63, 3.8) is 0 Å². The number of carbonyl (C=O) groups excluding carboxylic acids is 2. The number of aliphatic carboxylic acids is 3. The number of ether oxygens (including phenoxy) is 4. The summed E-state index contributed by atoms with van der Waals surface area (Å²) in [5, 5.41) is 53.7. The molecule has 49 heavy (non-hydrogen) atoms. The van der Waals surface area contributed by atoms with E-state index in [9.17, 15) is 49.5 Å². The Balaban J connectivity index is 1.98. The van der Waals surface area contributed by atoms with Crippen molar-refractivity contribution in [3.8, 4) is 0 Å². The third-order valence-corrected chi connectivity index (χ3v) is 10.7. The minimum absolute atomic E-state index is 0.00521. The van der Waals surface area contributed by atoms with Gasteiger partial charge in [0, 0.05) is 19.4 Å². The molecule has 0 unspecified atom stereocenters. The van der Waals surface area contributed by atoms with E-state index in [-0.39, 0.29) is 18.3 Å². The molecular weight excluding hydrogens is 644 g/mol. The Kier molecular flexibility index (Phi) is 13.4. The molecule has 0 amide bonds. The smallest absolute Gasteiger partial charge is 0.344 e. The number of aliphatic hydroxyl groups excluding tert-OH is 1. The summed E-state index contributed by atoms with van der Waals surface area (Å²) in [6.07, 6.45) is 1.98. The lowest BCUT2D eigenvalue weighted by molar-refractivity contribution is -0.374. The summed E-state index contributed by atoms with van der Waals surface area (Å²) in [7, 11) is 0. The van der Waals surface area contributed by atoms with Crippen molar-refractivity contribution in [2.75, 3.05) is 0 Å². The van der Waals surface area contributed by atoms with Gasteiger partial charge in [-0.1, -0.05) is 79.2 Å². The van der Waals surface area contributed by atoms with E-state index < -0.39 is 83.6 Å². The Bertz CT molecular complexity index is 1240. The number of aliphatic hydroxyl groups is 2. The van der Waals surface area contributed by atoms with Crippen LogP contribution in [-0.2, 0) is 42.9 Å². The molecule has 3 aliphatic rings. The van der Waals surface area contributed by atoms with Crippen LogP contribution >= 0.6 is 0 Å². The second kappa shape index (κ2) is 16.3. The highest BCUT2D eigenvalue weighted by Gasteiger charge is 2.85. The monoisotopic (exact) mass is 698 g/mol. The summed E-state index contributed by atoms with van der Waals surface area (Å²) in [6, 6.07) is 0. The van der Waals surface area contributed by atoms with Gasteiger partial charge in [-0.2, -0.15) is 0 Å². The van der Waals surface area contributed by atoms with E-state index >= 15 is 0 Å². The van der Waals surface area contributed by atoms with E-state index in [0.717, 1.165) is 51.0 Å². The molecule has 278 valence electrons. The van der Waals surface area contributed by atoms with Crippen LogP contribution in [0, 0.1) is 29.6 Å². The maximum Gasteiger partial charge on any atom is 0.344 e. The molecule has 3 rings (SSSR count). The summed E-state index contributed by atoms with van der Waals surface area (Å²) in [5.41, 5.74) is -7.36.